The molecule has 0 atom stereocenters. The molecule has 110 valence electrons. The van der Waals surface area contributed by atoms with Crippen LogP contribution in [-0.4, -0.2) is 12.0 Å². The molecule has 2 rings (SSSR count). The van der Waals surface area contributed by atoms with Crippen LogP contribution in [0.3, 0.4) is 0 Å². The summed E-state index contributed by atoms with van der Waals surface area (Å²) in [6.07, 6.45) is 0. The molecule has 21 heavy (non-hydrogen) atoms. The van der Waals surface area contributed by atoms with Gasteiger partial charge in [-0.05, 0) is 31.3 Å². The molecule has 0 saturated heterocycles. The minimum atomic E-state index is -0.484. The molecule has 0 heterocycles. The fourth-order valence-electron chi connectivity index (χ4n) is 1.80. The molecule has 0 aliphatic rings. The van der Waals surface area contributed by atoms with E-state index >= 15 is 0 Å². The van der Waals surface area contributed by atoms with E-state index < -0.39 is 4.92 Å². The number of nitrogens with zero attached hydrogens (tertiary/aromatic N) is 1. The summed E-state index contributed by atoms with van der Waals surface area (Å²) in [5, 5.41) is 14.6. The molecule has 7 heteroatoms. The van der Waals surface area contributed by atoms with E-state index in [1.165, 1.54) is 6.07 Å². The Morgan fingerprint density at radius 3 is 2.71 bits per heavy atom. The van der Waals surface area contributed by atoms with Crippen LogP contribution in [-0.2, 0) is 6.54 Å². The van der Waals surface area contributed by atoms with Gasteiger partial charge >= 0.3 is 5.69 Å². The van der Waals surface area contributed by atoms with Gasteiger partial charge in [0.25, 0.3) is 0 Å². The molecule has 0 bridgehead atoms. The van der Waals surface area contributed by atoms with Crippen molar-refractivity contribution in [3.05, 3.63) is 61.6 Å². The van der Waals surface area contributed by atoms with Crippen LogP contribution in [0.25, 0.3) is 0 Å². The molecule has 0 aromatic heterocycles. The monoisotopic (exact) mass is 370 g/mol. The van der Waals surface area contributed by atoms with E-state index in [-0.39, 0.29) is 11.4 Å². The summed E-state index contributed by atoms with van der Waals surface area (Å²) in [7, 11) is 1.81. The highest BCUT2D eigenvalue weighted by atomic mass is 79.9. The summed E-state index contributed by atoms with van der Waals surface area (Å²) < 4.78 is 6.32. The lowest BCUT2D eigenvalue weighted by Crippen LogP contribution is -2.06. The summed E-state index contributed by atoms with van der Waals surface area (Å²) in [5.41, 5.74) is 0.749. The molecular formula is C14H12BrClN2O3. The number of halogens is 2. The van der Waals surface area contributed by atoms with Crippen molar-refractivity contribution in [1.29, 1.82) is 0 Å². The van der Waals surface area contributed by atoms with E-state index in [1.807, 2.05) is 6.07 Å². The molecule has 0 radical (unpaired) electrons. The van der Waals surface area contributed by atoms with Crippen molar-refractivity contribution in [2.24, 2.45) is 0 Å². The van der Waals surface area contributed by atoms with Crippen molar-refractivity contribution in [3.8, 4) is 11.5 Å². The highest BCUT2D eigenvalue weighted by Crippen LogP contribution is 2.35. The highest BCUT2D eigenvalue weighted by Gasteiger charge is 2.17. The van der Waals surface area contributed by atoms with E-state index in [4.69, 9.17) is 16.3 Å². The number of benzene rings is 2. The topological polar surface area (TPSA) is 64.4 Å². The van der Waals surface area contributed by atoms with E-state index in [9.17, 15) is 10.1 Å². The van der Waals surface area contributed by atoms with Crippen molar-refractivity contribution < 1.29 is 9.66 Å². The van der Waals surface area contributed by atoms with Crippen molar-refractivity contribution in [2.75, 3.05) is 7.05 Å². The van der Waals surface area contributed by atoms with Gasteiger partial charge < -0.3 is 10.1 Å². The van der Waals surface area contributed by atoms with Gasteiger partial charge in [0.1, 0.15) is 5.75 Å². The van der Waals surface area contributed by atoms with Crippen molar-refractivity contribution in [1.82, 2.24) is 5.32 Å². The summed E-state index contributed by atoms with van der Waals surface area (Å²) in [4.78, 5) is 10.6. The average molecular weight is 372 g/mol. The number of nitro groups is 1. The van der Waals surface area contributed by atoms with E-state index in [0.717, 1.165) is 5.56 Å². The second kappa shape index (κ2) is 6.89. The minimum absolute atomic E-state index is 0.111. The van der Waals surface area contributed by atoms with Crippen LogP contribution in [0, 0.1) is 10.1 Å². The Morgan fingerprint density at radius 2 is 2.05 bits per heavy atom. The minimum Gasteiger partial charge on any atom is -0.450 e. The van der Waals surface area contributed by atoms with Crippen molar-refractivity contribution >= 4 is 33.2 Å². The molecule has 0 aliphatic carbocycles. The van der Waals surface area contributed by atoms with Gasteiger partial charge in [-0.1, -0.05) is 33.6 Å². The Morgan fingerprint density at radius 1 is 1.29 bits per heavy atom. The molecule has 1 N–H and O–H groups in total. The second-order valence-electron chi connectivity index (χ2n) is 4.25. The maximum Gasteiger partial charge on any atom is 0.312 e. The number of ether oxygens (including phenoxy) is 1. The van der Waals surface area contributed by atoms with Gasteiger partial charge in [0.05, 0.1) is 4.92 Å². The molecule has 0 spiro atoms. The first-order valence-electron chi connectivity index (χ1n) is 6.06. The van der Waals surface area contributed by atoms with Crippen LogP contribution in [0.15, 0.2) is 40.9 Å². The van der Waals surface area contributed by atoms with Gasteiger partial charge in [-0.25, -0.2) is 0 Å². The molecule has 0 amide bonds. The smallest absolute Gasteiger partial charge is 0.312 e. The molecular weight excluding hydrogens is 360 g/mol. The Hall–Kier alpha value is -1.63. The first kappa shape index (κ1) is 15.8. The fourth-order valence-corrected chi connectivity index (χ4v) is 2.31. The van der Waals surface area contributed by atoms with E-state index in [1.54, 1.807) is 31.3 Å². The zero-order valence-electron chi connectivity index (χ0n) is 11.1. The Balaban J connectivity index is 2.42. The van der Waals surface area contributed by atoms with Crippen LogP contribution in [0.5, 0.6) is 11.5 Å². The number of nitrogens with one attached hydrogen (secondary N) is 1. The van der Waals surface area contributed by atoms with Gasteiger partial charge in [-0.2, -0.15) is 0 Å². The maximum atomic E-state index is 11.1. The molecule has 0 saturated carbocycles. The molecule has 2 aromatic rings. The standard InChI is InChI=1S/C14H12BrClN2O3/c1-17-8-9-2-4-11(16)7-14(9)21-13-5-3-10(15)6-12(13)18(19)20/h2-7,17H,8H2,1H3. The van der Waals surface area contributed by atoms with Crippen LogP contribution in [0.2, 0.25) is 5.02 Å². The zero-order chi connectivity index (χ0) is 15.4. The highest BCUT2D eigenvalue weighted by molar-refractivity contribution is 9.10. The first-order valence-corrected chi connectivity index (χ1v) is 7.23. The number of hydrogen-bond donors (Lipinski definition) is 1. The number of rotatable bonds is 5. The molecule has 0 unspecified atom stereocenters. The zero-order valence-corrected chi connectivity index (χ0v) is 13.4. The van der Waals surface area contributed by atoms with E-state index in [2.05, 4.69) is 21.2 Å². The van der Waals surface area contributed by atoms with Crippen LogP contribution >= 0.6 is 27.5 Å². The second-order valence-corrected chi connectivity index (χ2v) is 5.61. The van der Waals surface area contributed by atoms with E-state index in [0.29, 0.717) is 21.8 Å². The summed E-state index contributed by atoms with van der Waals surface area (Å²) in [6.45, 7) is 0.566. The lowest BCUT2D eigenvalue weighted by Gasteiger charge is -2.12. The number of hydrogen-bond acceptors (Lipinski definition) is 4. The van der Waals surface area contributed by atoms with Crippen molar-refractivity contribution in [3.63, 3.8) is 0 Å². The van der Waals surface area contributed by atoms with Crippen LogP contribution < -0.4 is 10.1 Å². The predicted molar refractivity (Wildman–Crippen MR) is 85.1 cm³/mol. The Labute approximate surface area is 135 Å². The van der Waals surface area contributed by atoms with Gasteiger partial charge in [0.15, 0.2) is 0 Å². The quantitative estimate of drug-likeness (QED) is 0.620. The van der Waals surface area contributed by atoms with Crippen LogP contribution in [0.1, 0.15) is 5.56 Å². The molecule has 2 aromatic carbocycles. The first-order chi connectivity index (χ1) is 10.0. The van der Waals surface area contributed by atoms with Crippen LogP contribution in [0.4, 0.5) is 5.69 Å². The fraction of sp³-hybridized carbons (Fsp3) is 0.143. The summed E-state index contributed by atoms with van der Waals surface area (Å²) >= 11 is 9.18. The molecule has 0 aliphatic heterocycles. The SMILES string of the molecule is CNCc1ccc(Cl)cc1Oc1ccc(Br)cc1[N+](=O)[O-]. The van der Waals surface area contributed by atoms with Gasteiger partial charge in [0, 0.05) is 27.7 Å². The third kappa shape index (κ3) is 3.93. The predicted octanol–water partition coefficient (Wildman–Crippen LogP) is 4.52. The van der Waals surface area contributed by atoms with Gasteiger partial charge in [-0.3, -0.25) is 10.1 Å². The summed E-state index contributed by atoms with van der Waals surface area (Å²) in [5.74, 6) is 0.657. The largest absolute Gasteiger partial charge is 0.450 e. The van der Waals surface area contributed by atoms with Gasteiger partial charge in [-0.15, -0.1) is 0 Å². The third-order valence-electron chi connectivity index (χ3n) is 2.73. The number of nitro benzene ring substituents is 1. The van der Waals surface area contributed by atoms with Gasteiger partial charge in [0.2, 0.25) is 5.75 Å². The van der Waals surface area contributed by atoms with Crippen molar-refractivity contribution in [2.45, 2.75) is 6.54 Å². The normalized spacial score (nSPS) is 10.4. The average Bonchev–Trinajstić information content (AvgIpc) is 2.43. The molecule has 0 fully saturated rings. The molecule has 5 nitrogen and oxygen atoms in total. The third-order valence-corrected chi connectivity index (χ3v) is 3.46. The Kier molecular flexibility index (Phi) is 5.17. The Bertz CT molecular complexity index is 679. The summed E-state index contributed by atoms with van der Waals surface area (Å²) in [6, 6.07) is 9.84. The lowest BCUT2D eigenvalue weighted by molar-refractivity contribution is -0.385. The lowest BCUT2D eigenvalue weighted by atomic mass is 10.2. The maximum absolute atomic E-state index is 11.1.